The molecule has 1 saturated heterocycles. The van der Waals surface area contributed by atoms with Crippen molar-refractivity contribution in [1.82, 2.24) is 20.4 Å². The van der Waals surface area contributed by atoms with E-state index in [1.54, 1.807) is 13.2 Å². The molecule has 0 saturated carbocycles. The van der Waals surface area contributed by atoms with Crippen LogP contribution in [0.3, 0.4) is 0 Å². The number of amides is 1. The van der Waals surface area contributed by atoms with Gasteiger partial charge in [-0.2, -0.15) is 5.10 Å². The zero-order chi connectivity index (χ0) is 14.0. The van der Waals surface area contributed by atoms with Crippen molar-refractivity contribution in [3.05, 3.63) is 18.0 Å². The molecule has 1 aliphatic heterocycles. The van der Waals surface area contributed by atoms with Crippen LogP contribution in [0.15, 0.2) is 12.4 Å². The topological polar surface area (TPSA) is 96.2 Å². The molecule has 1 aromatic heterocycles. The van der Waals surface area contributed by atoms with Crippen molar-refractivity contribution in [3.8, 4) is 0 Å². The molecule has 0 spiro atoms. The molecule has 0 aromatic carbocycles. The predicted octanol–water partition coefficient (Wildman–Crippen LogP) is -0.482. The van der Waals surface area contributed by atoms with Crippen LogP contribution in [0.4, 0.5) is 0 Å². The molecular formula is C12H18N4O3. The van der Waals surface area contributed by atoms with E-state index >= 15 is 0 Å². The second-order valence-electron chi connectivity index (χ2n) is 4.97. The second-order valence-corrected chi connectivity index (χ2v) is 4.97. The van der Waals surface area contributed by atoms with E-state index < -0.39 is 12.0 Å². The number of aromatic nitrogens is 2. The Morgan fingerprint density at radius 3 is 2.79 bits per heavy atom. The molecular weight excluding hydrogens is 248 g/mol. The highest BCUT2D eigenvalue weighted by atomic mass is 16.4. The van der Waals surface area contributed by atoms with Crippen molar-refractivity contribution in [1.29, 1.82) is 0 Å². The number of carboxylic acids is 1. The van der Waals surface area contributed by atoms with Gasteiger partial charge >= 0.3 is 5.97 Å². The standard InChI is InChI=1S/C12H18N4O3/c1-7-3-13-5-9(7)11(17)15-10(12(18)19)8-4-14-16(2)6-8/h4,6-7,9-10,13H,3,5H2,1-2H3,(H,15,17)(H,18,19). The van der Waals surface area contributed by atoms with Crippen LogP contribution < -0.4 is 10.6 Å². The van der Waals surface area contributed by atoms with E-state index in [0.29, 0.717) is 12.1 Å². The average Bonchev–Trinajstić information content (AvgIpc) is 2.94. The van der Waals surface area contributed by atoms with Crippen molar-refractivity contribution in [2.24, 2.45) is 18.9 Å². The quantitative estimate of drug-likeness (QED) is 0.684. The maximum Gasteiger partial charge on any atom is 0.331 e. The highest BCUT2D eigenvalue weighted by Gasteiger charge is 2.33. The first-order chi connectivity index (χ1) is 8.99. The van der Waals surface area contributed by atoms with Crippen LogP contribution in [0, 0.1) is 11.8 Å². The molecule has 0 aliphatic carbocycles. The van der Waals surface area contributed by atoms with Crippen molar-refractivity contribution in [2.75, 3.05) is 13.1 Å². The van der Waals surface area contributed by atoms with Gasteiger partial charge < -0.3 is 15.7 Å². The van der Waals surface area contributed by atoms with Gasteiger partial charge in [0.2, 0.25) is 5.91 Å². The van der Waals surface area contributed by atoms with Gasteiger partial charge in [0, 0.05) is 25.4 Å². The number of rotatable bonds is 4. The molecule has 3 N–H and O–H groups in total. The summed E-state index contributed by atoms with van der Waals surface area (Å²) in [5.74, 6) is -1.28. The number of nitrogens with zero attached hydrogens (tertiary/aromatic N) is 2. The summed E-state index contributed by atoms with van der Waals surface area (Å²) in [6.45, 7) is 3.35. The highest BCUT2D eigenvalue weighted by molar-refractivity contribution is 5.86. The van der Waals surface area contributed by atoms with Crippen molar-refractivity contribution >= 4 is 11.9 Å². The summed E-state index contributed by atoms with van der Waals surface area (Å²) in [4.78, 5) is 23.4. The normalized spacial score (nSPS) is 24.1. The van der Waals surface area contributed by atoms with Crippen molar-refractivity contribution in [2.45, 2.75) is 13.0 Å². The van der Waals surface area contributed by atoms with Crippen LogP contribution in [-0.2, 0) is 16.6 Å². The van der Waals surface area contributed by atoms with Gasteiger partial charge in [0.05, 0.1) is 12.1 Å². The molecule has 1 aliphatic rings. The van der Waals surface area contributed by atoms with Crippen molar-refractivity contribution in [3.63, 3.8) is 0 Å². The van der Waals surface area contributed by atoms with E-state index in [2.05, 4.69) is 15.7 Å². The largest absolute Gasteiger partial charge is 0.479 e. The molecule has 2 rings (SSSR count). The van der Waals surface area contributed by atoms with E-state index in [9.17, 15) is 14.7 Å². The average molecular weight is 266 g/mol. The first-order valence-electron chi connectivity index (χ1n) is 6.21. The van der Waals surface area contributed by atoms with Crippen molar-refractivity contribution < 1.29 is 14.7 Å². The number of hydrogen-bond donors (Lipinski definition) is 3. The number of nitrogens with one attached hydrogen (secondary N) is 2. The second kappa shape index (κ2) is 5.40. The summed E-state index contributed by atoms with van der Waals surface area (Å²) < 4.78 is 1.51. The van der Waals surface area contributed by atoms with Gasteiger partial charge in [-0.05, 0) is 12.5 Å². The van der Waals surface area contributed by atoms with E-state index in [1.165, 1.54) is 10.9 Å². The molecule has 0 radical (unpaired) electrons. The lowest BCUT2D eigenvalue weighted by molar-refractivity contribution is -0.142. The molecule has 3 atom stereocenters. The van der Waals surface area contributed by atoms with Crippen LogP contribution in [0.2, 0.25) is 0 Å². The van der Waals surface area contributed by atoms with E-state index in [0.717, 1.165) is 6.54 Å². The minimum Gasteiger partial charge on any atom is -0.479 e. The molecule has 7 heteroatoms. The molecule has 1 aromatic rings. The fourth-order valence-corrected chi connectivity index (χ4v) is 2.29. The van der Waals surface area contributed by atoms with E-state index in [1.807, 2.05) is 6.92 Å². The lowest BCUT2D eigenvalue weighted by Crippen LogP contribution is -2.39. The maximum atomic E-state index is 12.1. The Kier molecular flexibility index (Phi) is 3.84. The Bertz CT molecular complexity index is 485. The molecule has 104 valence electrons. The van der Waals surface area contributed by atoms with Crippen LogP contribution in [-0.4, -0.2) is 39.9 Å². The van der Waals surface area contributed by atoms with Gasteiger partial charge in [0.1, 0.15) is 0 Å². The van der Waals surface area contributed by atoms with Gasteiger partial charge in [0.25, 0.3) is 0 Å². The Balaban J connectivity index is 2.09. The summed E-state index contributed by atoms with van der Waals surface area (Å²) in [6.07, 6.45) is 3.05. The SMILES string of the molecule is CC1CNCC1C(=O)NC(C(=O)O)c1cnn(C)c1. The molecule has 0 bridgehead atoms. The Labute approximate surface area is 111 Å². The zero-order valence-corrected chi connectivity index (χ0v) is 11.0. The third-order valence-corrected chi connectivity index (χ3v) is 3.45. The smallest absolute Gasteiger partial charge is 0.331 e. The number of aliphatic carboxylic acids is 1. The number of hydrogen-bond acceptors (Lipinski definition) is 4. The minimum absolute atomic E-state index is 0.182. The van der Waals surface area contributed by atoms with Crippen LogP contribution in [0.1, 0.15) is 18.5 Å². The maximum absolute atomic E-state index is 12.1. The fraction of sp³-hybridized carbons (Fsp3) is 0.583. The summed E-state index contributed by atoms with van der Waals surface area (Å²) in [6, 6.07) is -1.05. The molecule has 1 fully saturated rings. The number of carbonyl (C=O) groups excluding carboxylic acids is 1. The van der Waals surface area contributed by atoms with E-state index in [-0.39, 0.29) is 17.7 Å². The lowest BCUT2D eigenvalue weighted by Gasteiger charge is -2.18. The summed E-state index contributed by atoms with van der Waals surface area (Å²) in [7, 11) is 1.70. The van der Waals surface area contributed by atoms with Gasteiger partial charge in [-0.1, -0.05) is 6.92 Å². The number of carbonyl (C=O) groups is 2. The summed E-state index contributed by atoms with van der Waals surface area (Å²) in [5, 5.41) is 18.9. The van der Waals surface area contributed by atoms with Crippen LogP contribution in [0.5, 0.6) is 0 Å². The van der Waals surface area contributed by atoms with Gasteiger partial charge in [-0.25, -0.2) is 4.79 Å². The molecule has 3 unspecified atom stereocenters. The van der Waals surface area contributed by atoms with Crippen LogP contribution in [0.25, 0.3) is 0 Å². The summed E-state index contributed by atoms with van der Waals surface area (Å²) >= 11 is 0. The third kappa shape index (κ3) is 2.93. The summed E-state index contributed by atoms with van der Waals surface area (Å²) in [5.41, 5.74) is 0.474. The van der Waals surface area contributed by atoms with Gasteiger partial charge in [-0.15, -0.1) is 0 Å². The first kappa shape index (κ1) is 13.5. The zero-order valence-electron chi connectivity index (χ0n) is 11.0. The Hall–Kier alpha value is -1.89. The van der Waals surface area contributed by atoms with E-state index in [4.69, 9.17) is 0 Å². The molecule has 7 nitrogen and oxygen atoms in total. The fourth-order valence-electron chi connectivity index (χ4n) is 2.29. The first-order valence-corrected chi connectivity index (χ1v) is 6.21. The highest BCUT2D eigenvalue weighted by Crippen LogP contribution is 2.19. The monoisotopic (exact) mass is 266 g/mol. The lowest BCUT2D eigenvalue weighted by atomic mass is 9.96. The number of aryl methyl sites for hydroxylation is 1. The van der Waals surface area contributed by atoms with Gasteiger partial charge in [0.15, 0.2) is 6.04 Å². The molecule has 1 amide bonds. The van der Waals surface area contributed by atoms with Gasteiger partial charge in [-0.3, -0.25) is 9.48 Å². The predicted molar refractivity (Wildman–Crippen MR) is 67.3 cm³/mol. The molecule has 2 heterocycles. The Morgan fingerprint density at radius 1 is 1.58 bits per heavy atom. The third-order valence-electron chi connectivity index (χ3n) is 3.45. The molecule has 19 heavy (non-hydrogen) atoms. The number of carboxylic acid groups (broad SMARTS) is 1. The van der Waals surface area contributed by atoms with Crippen LogP contribution >= 0.6 is 0 Å². The minimum atomic E-state index is -1.08. The Morgan fingerprint density at radius 2 is 2.32 bits per heavy atom.